The van der Waals surface area contributed by atoms with Crippen LogP contribution in [-0.4, -0.2) is 42.7 Å². The zero-order valence-corrected chi connectivity index (χ0v) is 26.4. The van der Waals surface area contributed by atoms with Crippen LogP contribution in [0, 0.1) is 5.92 Å². The SMILES string of the molecule is CCN(CC)c1ccc2c(c1)Oc1cc(NC(=O)[C@H](CC(C)C)NC(=O)OC(C)(C)C)ccc1C21OC(=O)c2ccccc21. The first-order chi connectivity index (χ1) is 20.9. The smallest absolute Gasteiger partial charge is 0.408 e. The molecule has 0 saturated carbocycles. The maximum atomic E-state index is 13.5. The molecule has 9 heteroatoms. The Bertz CT molecular complexity index is 1590. The summed E-state index contributed by atoms with van der Waals surface area (Å²) in [7, 11) is 0. The number of anilines is 2. The maximum absolute atomic E-state index is 13.5. The number of amides is 2. The Balaban J connectivity index is 1.53. The summed E-state index contributed by atoms with van der Waals surface area (Å²) in [6.07, 6.45) is -0.236. The van der Waals surface area contributed by atoms with Crippen LogP contribution >= 0.6 is 0 Å². The molecule has 9 nitrogen and oxygen atoms in total. The molecule has 0 aliphatic carbocycles. The van der Waals surface area contributed by atoms with Crippen molar-refractivity contribution in [2.75, 3.05) is 23.3 Å². The molecule has 2 atom stereocenters. The van der Waals surface area contributed by atoms with E-state index in [4.69, 9.17) is 14.2 Å². The summed E-state index contributed by atoms with van der Waals surface area (Å²) in [6, 6.07) is 17.9. The van der Waals surface area contributed by atoms with E-state index >= 15 is 0 Å². The van der Waals surface area contributed by atoms with E-state index in [-0.39, 0.29) is 11.8 Å². The fourth-order valence-electron chi connectivity index (χ4n) is 5.91. The van der Waals surface area contributed by atoms with Crippen molar-refractivity contribution in [1.82, 2.24) is 5.32 Å². The van der Waals surface area contributed by atoms with Crippen molar-refractivity contribution < 1.29 is 28.6 Å². The number of hydrogen-bond donors (Lipinski definition) is 2. The van der Waals surface area contributed by atoms with Gasteiger partial charge in [-0.05, 0) is 77.3 Å². The van der Waals surface area contributed by atoms with Gasteiger partial charge in [0.2, 0.25) is 5.91 Å². The highest BCUT2D eigenvalue weighted by atomic mass is 16.6. The van der Waals surface area contributed by atoms with E-state index in [1.807, 2.05) is 56.3 Å². The van der Waals surface area contributed by atoms with Crippen LogP contribution in [0.15, 0.2) is 60.7 Å². The predicted molar refractivity (Wildman–Crippen MR) is 170 cm³/mol. The number of benzene rings is 3. The van der Waals surface area contributed by atoms with Gasteiger partial charge in [-0.25, -0.2) is 9.59 Å². The van der Waals surface area contributed by atoms with Gasteiger partial charge in [0.05, 0.1) is 5.56 Å². The molecule has 1 spiro atoms. The molecule has 0 aromatic heterocycles. The van der Waals surface area contributed by atoms with E-state index in [1.165, 1.54) is 0 Å². The predicted octanol–water partition coefficient (Wildman–Crippen LogP) is 6.98. The van der Waals surface area contributed by atoms with Crippen molar-refractivity contribution in [1.29, 1.82) is 0 Å². The molecule has 2 heterocycles. The molecule has 0 saturated heterocycles. The Morgan fingerprint density at radius 3 is 2.25 bits per heavy atom. The van der Waals surface area contributed by atoms with E-state index in [9.17, 15) is 14.4 Å². The molecular formula is C35H41N3O6. The van der Waals surface area contributed by atoms with E-state index in [0.717, 1.165) is 29.9 Å². The summed E-state index contributed by atoms with van der Waals surface area (Å²) in [5, 5.41) is 5.66. The van der Waals surface area contributed by atoms with Crippen molar-refractivity contribution in [2.24, 2.45) is 5.92 Å². The van der Waals surface area contributed by atoms with Gasteiger partial charge < -0.3 is 29.7 Å². The monoisotopic (exact) mass is 599 g/mol. The number of carbonyl (C=O) groups is 3. The lowest BCUT2D eigenvalue weighted by Gasteiger charge is -2.37. The summed E-state index contributed by atoms with van der Waals surface area (Å²) in [5.41, 5.74) is 2.18. The van der Waals surface area contributed by atoms with Crippen LogP contribution in [-0.2, 0) is 19.9 Å². The summed E-state index contributed by atoms with van der Waals surface area (Å²) in [6.45, 7) is 15.1. The minimum atomic E-state index is -1.21. The van der Waals surface area contributed by atoms with E-state index in [1.54, 1.807) is 39.0 Å². The van der Waals surface area contributed by atoms with Crippen molar-refractivity contribution >= 4 is 29.3 Å². The Morgan fingerprint density at radius 2 is 1.59 bits per heavy atom. The summed E-state index contributed by atoms with van der Waals surface area (Å²) in [4.78, 5) is 41.4. The lowest BCUT2D eigenvalue weighted by atomic mass is 9.77. The Labute approximate surface area is 258 Å². The Kier molecular flexibility index (Phi) is 8.34. The summed E-state index contributed by atoms with van der Waals surface area (Å²) < 4.78 is 18.2. The molecule has 44 heavy (non-hydrogen) atoms. The maximum Gasteiger partial charge on any atom is 0.408 e. The second kappa shape index (κ2) is 11.9. The second-order valence-corrected chi connectivity index (χ2v) is 12.6. The number of hydrogen-bond acceptors (Lipinski definition) is 7. The number of carbonyl (C=O) groups excluding carboxylic acids is 3. The highest BCUT2D eigenvalue weighted by molar-refractivity contribution is 5.98. The third-order valence-corrected chi connectivity index (χ3v) is 7.81. The first-order valence-electron chi connectivity index (χ1n) is 15.2. The number of nitrogens with zero attached hydrogens (tertiary/aromatic N) is 1. The van der Waals surface area contributed by atoms with Gasteiger partial charge in [-0.2, -0.15) is 0 Å². The largest absolute Gasteiger partial charge is 0.456 e. The van der Waals surface area contributed by atoms with Crippen LogP contribution in [0.4, 0.5) is 16.2 Å². The molecule has 3 aromatic rings. The van der Waals surface area contributed by atoms with Gasteiger partial charge in [0.25, 0.3) is 0 Å². The molecular weight excluding hydrogens is 558 g/mol. The second-order valence-electron chi connectivity index (χ2n) is 12.6. The fourth-order valence-corrected chi connectivity index (χ4v) is 5.91. The van der Waals surface area contributed by atoms with Gasteiger partial charge in [0.15, 0.2) is 5.60 Å². The van der Waals surface area contributed by atoms with Gasteiger partial charge in [-0.3, -0.25) is 4.79 Å². The minimum absolute atomic E-state index is 0.140. The van der Waals surface area contributed by atoms with Gasteiger partial charge in [-0.1, -0.05) is 32.0 Å². The van der Waals surface area contributed by atoms with Gasteiger partial charge >= 0.3 is 12.1 Å². The standard InChI is InChI=1S/C35H41N3O6/c1-8-38(9-2)23-15-17-27-30(20-23)42-29-19-22(36-31(39)28(18-21(3)4)37-33(41)44-34(5,6)7)14-16-26(29)35(27)25-13-11-10-12-24(25)32(40)43-35/h10-17,19-21,28H,8-9,18H2,1-7H3,(H,36,39)(H,37,41)/t28-,35?/m0/s1. The lowest BCUT2D eigenvalue weighted by molar-refractivity contribution is -0.118. The molecule has 1 unspecified atom stereocenters. The van der Waals surface area contributed by atoms with E-state index in [0.29, 0.717) is 34.7 Å². The van der Waals surface area contributed by atoms with Crippen molar-refractivity contribution in [3.8, 4) is 11.5 Å². The third-order valence-electron chi connectivity index (χ3n) is 7.81. The van der Waals surface area contributed by atoms with Crippen LogP contribution in [0.2, 0.25) is 0 Å². The molecule has 232 valence electrons. The number of rotatable bonds is 8. The molecule has 0 radical (unpaired) electrons. The van der Waals surface area contributed by atoms with Crippen molar-refractivity contribution in [3.05, 3.63) is 82.9 Å². The van der Waals surface area contributed by atoms with Crippen molar-refractivity contribution in [3.63, 3.8) is 0 Å². The van der Waals surface area contributed by atoms with Crippen LogP contribution in [0.1, 0.15) is 81.9 Å². The third kappa shape index (κ3) is 5.83. The molecule has 0 fully saturated rings. The molecule has 3 aromatic carbocycles. The van der Waals surface area contributed by atoms with Crippen LogP contribution in [0.5, 0.6) is 11.5 Å². The van der Waals surface area contributed by atoms with Gasteiger partial charge in [0, 0.05) is 53.3 Å². The Morgan fingerprint density at radius 1 is 0.932 bits per heavy atom. The molecule has 2 amide bonds. The van der Waals surface area contributed by atoms with Crippen LogP contribution < -0.4 is 20.3 Å². The molecule has 2 N–H and O–H groups in total. The molecule has 5 rings (SSSR count). The minimum Gasteiger partial charge on any atom is -0.456 e. The van der Waals surface area contributed by atoms with Crippen LogP contribution in [0.3, 0.4) is 0 Å². The summed E-state index contributed by atoms with van der Waals surface area (Å²) >= 11 is 0. The number of alkyl carbamates (subject to hydrolysis) is 1. The average Bonchev–Trinajstić information content (AvgIpc) is 3.24. The first-order valence-corrected chi connectivity index (χ1v) is 15.2. The molecule has 0 bridgehead atoms. The lowest BCUT2D eigenvalue weighted by Crippen LogP contribution is -2.46. The number of esters is 1. The quantitative estimate of drug-likeness (QED) is 0.269. The molecule has 2 aliphatic heterocycles. The molecule has 2 aliphatic rings. The van der Waals surface area contributed by atoms with Gasteiger partial charge in [0.1, 0.15) is 23.1 Å². The van der Waals surface area contributed by atoms with Crippen LogP contribution in [0.25, 0.3) is 0 Å². The topological polar surface area (TPSA) is 106 Å². The Hall–Kier alpha value is -4.53. The van der Waals surface area contributed by atoms with Crippen molar-refractivity contribution in [2.45, 2.75) is 72.1 Å². The average molecular weight is 600 g/mol. The normalized spacial score (nSPS) is 17.1. The number of fused-ring (bicyclic) bond motifs is 6. The fraction of sp³-hybridized carbons (Fsp3) is 0.400. The number of ether oxygens (including phenoxy) is 3. The van der Waals surface area contributed by atoms with Gasteiger partial charge in [-0.15, -0.1) is 0 Å². The zero-order valence-electron chi connectivity index (χ0n) is 26.4. The zero-order chi connectivity index (χ0) is 31.8. The first kappa shape index (κ1) is 30.9. The van der Waals surface area contributed by atoms with E-state index in [2.05, 4.69) is 29.4 Å². The number of nitrogens with one attached hydrogen (secondary N) is 2. The summed E-state index contributed by atoms with van der Waals surface area (Å²) in [5.74, 6) is 0.378. The van der Waals surface area contributed by atoms with E-state index < -0.39 is 29.3 Å². The highest BCUT2D eigenvalue weighted by Crippen LogP contribution is 2.56. The highest BCUT2D eigenvalue weighted by Gasteiger charge is 2.53.